The van der Waals surface area contributed by atoms with Crippen LogP contribution in [0.5, 0.6) is 5.75 Å². The van der Waals surface area contributed by atoms with E-state index in [1.165, 1.54) is 22.2 Å². The van der Waals surface area contributed by atoms with Crippen LogP contribution in [0.25, 0.3) is 0 Å². The SMILES string of the molecule is CCn1c(COc2ccc(C(C)(C)C)cc2)nnc1SCC(=O)Nc1sc2c(c1C#N)CCC(C(C)(C)C)C2. The quantitative estimate of drug-likeness (QED) is 0.296. The van der Waals surface area contributed by atoms with Gasteiger partial charge in [0.25, 0.3) is 0 Å². The van der Waals surface area contributed by atoms with Crippen LogP contribution in [0.3, 0.4) is 0 Å². The van der Waals surface area contributed by atoms with Gasteiger partial charge in [-0.15, -0.1) is 21.5 Å². The Hall–Kier alpha value is -2.83. The minimum atomic E-state index is -0.148. The lowest BCUT2D eigenvalue weighted by Crippen LogP contribution is -2.26. The molecule has 0 aliphatic heterocycles. The molecule has 0 bridgehead atoms. The molecule has 1 N–H and O–H groups in total. The molecule has 0 saturated carbocycles. The maximum Gasteiger partial charge on any atom is 0.235 e. The van der Waals surface area contributed by atoms with E-state index in [2.05, 4.69) is 75.3 Å². The molecule has 9 heteroatoms. The second-order valence-corrected chi connectivity index (χ2v) is 14.2. The van der Waals surface area contributed by atoms with E-state index in [0.717, 1.165) is 30.6 Å². The van der Waals surface area contributed by atoms with Crippen LogP contribution in [-0.4, -0.2) is 26.4 Å². The van der Waals surface area contributed by atoms with Crippen molar-refractivity contribution in [2.75, 3.05) is 11.1 Å². The highest BCUT2D eigenvalue weighted by Crippen LogP contribution is 2.44. The Balaban J connectivity index is 1.36. The lowest BCUT2D eigenvalue weighted by atomic mass is 9.72. The predicted molar refractivity (Wildman–Crippen MR) is 159 cm³/mol. The number of thioether (sulfide) groups is 1. The molecule has 1 aliphatic carbocycles. The number of aromatic nitrogens is 3. The number of benzene rings is 1. The fourth-order valence-electron chi connectivity index (χ4n) is 4.87. The van der Waals surface area contributed by atoms with E-state index in [0.29, 0.717) is 40.6 Å². The van der Waals surface area contributed by atoms with Crippen molar-refractivity contribution in [1.29, 1.82) is 5.26 Å². The van der Waals surface area contributed by atoms with Gasteiger partial charge in [0.1, 0.15) is 23.4 Å². The van der Waals surface area contributed by atoms with Gasteiger partial charge in [-0.2, -0.15) is 5.26 Å². The van der Waals surface area contributed by atoms with E-state index in [1.54, 1.807) is 11.3 Å². The topological polar surface area (TPSA) is 92.8 Å². The van der Waals surface area contributed by atoms with Crippen molar-refractivity contribution in [2.45, 2.75) is 91.5 Å². The summed E-state index contributed by atoms with van der Waals surface area (Å²) in [6, 6.07) is 10.5. The molecule has 1 aliphatic rings. The van der Waals surface area contributed by atoms with Crippen LogP contribution in [0.1, 0.15) is 82.3 Å². The Morgan fingerprint density at radius 3 is 2.54 bits per heavy atom. The molecule has 208 valence electrons. The summed E-state index contributed by atoms with van der Waals surface area (Å²) in [5.74, 6) is 2.11. The highest BCUT2D eigenvalue weighted by molar-refractivity contribution is 7.99. The first-order valence-electron chi connectivity index (χ1n) is 13.5. The highest BCUT2D eigenvalue weighted by atomic mass is 32.2. The average Bonchev–Trinajstić information content (AvgIpc) is 3.44. The van der Waals surface area contributed by atoms with Crippen molar-refractivity contribution in [2.24, 2.45) is 11.3 Å². The van der Waals surface area contributed by atoms with E-state index in [4.69, 9.17) is 4.74 Å². The normalized spacial score (nSPS) is 15.5. The van der Waals surface area contributed by atoms with Crippen molar-refractivity contribution >= 4 is 34.0 Å². The van der Waals surface area contributed by atoms with Crippen molar-refractivity contribution in [1.82, 2.24) is 14.8 Å². The third kappa shape index (κ3) is 6.85. The molecule has 1 atom stereocenters. The van der Waals surface area contributed by atoms with Crippen molar-refractivity contribution in [3.8, 4) is 11.8 Å². The molecule has 2 heterocycles. The monoisotopic (exact) mass is 565 g/mol. The summed E-state index contributed by atoms with van der Waals surface area (Å²) in [5, 5.41) is 22.8. The minimum Gasteiger partial charge on any atom is -0.486 e. The molecule has 3 aromatic rings. The number of ether oxygens (including phenoxy) is 1. The number of nitrogens with zero attached hydrogens (tertiary/aromatic N) is 4. The average molecular weight is 566 g/mol. The molecule has 0 spiro atoms. The van der Waals surface area contributed by atoms with Gasteiger partial charge in [0.05, 0.1) is 11.3 Å². The Morgan fingerprint density at radius 2 is 1.92 bits per heavy atom. The maximum atomic E-state index is 12.9. The summed E-state index contributed by atoms with van der Waals surface area (Å²) in [6.07, 6.45) is 2.94. The maximum absolute atomic E-state index is 12.9. The van der Waals surface area contributed by atoms with E-state index in [9.17, 15) is 10.1 Å². The number of carbonyl (C=O) groups is 1. The Bertz CT molecular complexity index is 1350. The molecule has 0 saturated heterocycles. The van der Waals surface area contributed by atoms with Crippen LogP contribution in [-0.2, 0) is 36.2 Å². The minimum absolute atomic E-state index is 0.0910. The van der Waals surface area contributed by atoms with Crippen LogP contribution in [0.4, 0.5) is 5.00 Å². The highest BCUT2D eigenvalue weighted by Gasteiger charge is 2.32. The predicted octanol–water partition coefficient (Wildman–Crippen LogP) is 6.99. The van der Waals surface area contributed by atoms with E-state index >= 15 is 0 Å². The van der Waals surface area contributed by atoms with Gasteiger partial charge < -0.3 is 14.6 Å². The first kappa shape index (κ1) is 29.2. The Labute approximate surface area is 240 Å². The number of amides is 1. The smallest absolute Gasteiger partial charge is 0.235 e. The summed E-state index contributed by atoms with van der Waals surface area (Å²) in [5.41, 5.74) is 3.32. The Morgan fingerprint density at radius 1 is 1.21 bits per heavy atom. The number of nitriles is 1. The van der Waals surface area contributed by atoms with Crippen LogP contribution in [0.2, 0.25) is 0 Å². The number of carbonyl (C=O) groups excluding carboxylic acids is 1. The summed E-state index contributed by atoms with van der Waals surface area (Å²) in [4.78, 5) is 14.1. The molecule has 0 radical (unpaired) electrons. The fourth-order valence-corrected chi connectivity index (χ4v) is 6.99. The number of hydrogen-bond donors (Lipinski definition) is 1. The van der Waals surface area contributed by atoms with Crippen LogP contribution in [0, 0.1) is 22.7 Å². The second-order valence-electron chi connectivity index (χ2n) is 12.2. The molecule has 1 aromatic carbocycles. The van der Waals surface area contributed by atoms with Crippen molar-refractivity contribution < 1.29 is 9.53 Å². The largest absolute Gasteiger partial charge is 0.486 e. The standard InChI is InChI=1S/C30H39N5O2S2/c1-8-35-25(17-37-21-12-9-19(10-13-21)29(2,3)4)33-34-28(35)38-18-26(36)32-27-23(16-31)22-14-11-20(30(5,6)7)15-24(22)39-27/h9-10,12-13,20H,8,11,14-15,17-18H2,1-7H3,(H,32,36). The van der Waals surface area contributed by atoms with E-state index in [-0.39, 0.29) is 22.5 Å². The number of thiophene rings is 1. The Kier molecular flexibility index (Phi) is 8.77. The van der Waals surface area contributed by atoms with Crippen molar-refractivity contribution in [3.63, 3.8) is 0 Å². The van der Waals surface area contributed by atoms with Crippen molar-refractivity contribution in [3.05, 3.63) is 51.7 Å². The molecule has 7 nitrogen and oxygen atoms in total. The third-order valence-electron chi connectivity index (χ3n) is 7.39. The number of nitrogens with one attached hydrogen (secondary N) is 1. The van der Waals surface area contributed by atoms with E-state index in [1.807, 2.05) is 23.6 Å². The summed E-state index contributed by atoms with van der Waals surface area (Å²) in [7, 11) is 0. The lowest BCUT2D eigenvalue weighted by Gasteiger charge is -2.33. The molecule has 39 heavy (non-hydrogen) atoms. The third-order valence-corrected chi connectivity index (χ3v) is 9.52. The van der Waals surface area contributed by atoms with Gasteiger partial charge in [-0.1, -0.05) is 65.4 Å². The molecule has 1 unspecified atom stereocenters. The molecule has 4 rings (SSSR count). The summed E-state index contributed by atoms with van der Waals surface area (Å²) < 4.78 is 7.94. The summed E-state index contributed by atoms with van der Waals surface area (Å²) >= 11 is 2.90. The van der Waals surface area contributed by atoms with Crippen LogP contribution >= 0.6 is 23.1 Å². The van der Waals surface area contributed by atoms with Gasteiger partial charge in [0.15, 0.2) is 11.0 Å². The van der Waals surface area contributed by atoms with Gasteiger partial charge in [-0.3, -0.25) is 4.79 Å². The molecule has 0 fully saturated rings. The van der Waals surface area contributed by atoms with Gasteiger partial charge >= 0.3 is 0 Å². The second kappa shape index (κ2) is 11.7. The van der Waals surface area contributed by atoms with Gasteiger partial charge in [0, 0.05) is 11.4 Å². The molecular formula is C30H39N5O2S2. The first-order chi connectivity index (χ1) is 18.4. The zero-order valence-corrected chi connectivity index (χ0v) is 25.7. The van der Waals surface area contributed by atoms with Gasteiger partial charge in [-0.25, -0.2) is 0 Å². The molecule has 2 aromatic heterocycles. The van der Waals surface area contributed by atoms with Gasteiger partial charge in [-0.05, 0) is 66.2 Å². The lowest BCUT2D eigenvalue weighted by molar-refractivity contribution is -0.113. The number of hydrogen-bond acceptors (Lipinski definition) is 7. The zero-order chi connectivity index (χ0) is 28.4. The number of anilines is 1. The van der Waals surface area contributed by atoms with Gasteiger partial charge in [0.2, 0.25) is 5.91 Å². The fraction of sp³-hybridized carbons (Fsp3) is 0.533. The number of rotatable bonds is 8. The van der Waals surface area contributed by atoms with E-state index < -0.39 is 0 Å². The molecule has 1 amide bonds. The number of fused-ring (bicyclic) bond motifs is 1. The summed E-state index contributed by atoms with van der Waals surface area (Å²) in [6.45, 7) is 16.4. The first-order valence-corrected chi connectivity index (χ1v) is 15.3. The molecular weight excluding hydrogens is 526 g/mol. The van der Waals surface area contributed by atoms with Crippen LogP contribution in [0.15, 0.2) is 29.4 Å². The zero-order valence-electron chi connectivity index (χ0n) is 24.1. The van der Waals surface area contributed by atoms with Crippen LogP contribution < -0.4 is 10.1 Å².